The molecular formula is C11H18N2O. The van der Waals surface area contributed by atoms with Crippen molar-refractivity contribution in [2.45, 2.75) is 38.2 Å². The van der Waals surface area contributed by atoms with E-state index in [2.05, 4.69) is 5.10 Å². The van der Waals surface area contributed by atoms with Crippen molar-refractivity contribution in [1.29, 1.82) is 0 Å². The Morgan fingerprint density at radius 3 is 2.71 bits per heavy atom. The van der Waals surface area contributed by atoms with E-state index < -0.39 is 0 Å². The normalized spacial score (nSPS) is 21.0. The molecule has 0 spiro atoms. The number of hydrogen-bond acceptors (Lipinski definition) is 2. The van der Waals surface area contributed by atoms with Gasteiger partial charge in [0.2, 0.25) is 0 Å². The molecule has 0 radical (unpaired) electrons. The lowest BCUT2D eigenvalue weighted by Gasteiger charge is -2.25. The molecule has 0 aliphatic heterocycles. The summed E-state index contributed by atoms with van der Waals surface area (Å²) in [5.41, 5.74) is 0.833. The highest BCUT2D eigenvalue weighted by atomic mass is 16.3. The van der Waals surface area contributed by atoms with Crippen LogP contribution in [0.15, 0.2) is 12.3 Å². The monoisotopic (exact) mass is 194 g/mol. The molecule has 1 saturated carbocycles. The molecule has 1 fully saturated rings. The van der Waals surface area contributed by atoms with Gasteiger partial charge in [-0.25, -0.2) is 0 Å². The molecule has 0 bridgehead atoms. The van der Waals surface area contributed by atoms with Gasteiger partial charge in [0, 0.05) is 13.2 Å². The minimum atomic E-state index is -0.350. The summed E-state index contributed by atoms with van der Waals surface area (Å²) in [6.45, 7) is 0. The average Bonchev–Trinajstić information content (AvgIpc) is 2.65. The van der Waals surface area contributed by atoms with Gasteiger partial charge in [-0.3, -0.25) is 4.68 Å². The molecule has 1 atom stereocenters. The van der Waals surface area contributed by atoms with Gasteiger partial charge in [0.05, 0.1) is 5.69 Å². The second kappa shape index (κ2) is 4.13. The number of hydrogen-bond donors (Lipinski definition) is 1. The number of rotatable bonds is 2. The van der Waals surface area contributed by atoms with Gasteiger partial charge in [0.1, 0.15) is 6.10 Å². The van der Waals surface area contributed by atoms with Crippen LogP contribution < -0.4 is 0 Å². The first-order valence-electron chi connectivity index (χ1n) is 5.45. The molecule has 0 unspecified atom stereocenters. The highest BCUT2D eigenvalue weighted by Crippen LogP contribution is 2.33. The Labute approximate surface area is 84.7 Å². The van der Waals surface area contributed by atoms with E-state index in [0.29, 0.717) is 5.92 Å². The third-order valence-corrected chi connectivity index (χ3v) is 3.13. The van der Waals surface area contributed by atoms with Crippen LogP contribution in [0, 0.1) is 5.92 Å². The minimum Gasteiger partial charge on any atom is -0.386 e. The molecule has 14 heavy (non-hydrogen) atoms. The van der Waals surface area contributed by atoms with E-state index in [9.17, 15) is 5.11 Å². The van der Waals surface area contributed by atoms with E-state index >= 15 is 0 Å². The van der Waals surface area contributed by atoms with Crippen LogP contribution in [-0.4, -0.2) is 14.9 Å². The lowest BCUT2D eigenvalue weighted by atomic mass is 9.84. The highest BCUT2D eigenvalue weighted by molar-refractivity contribution is 5.04. The van der Waals surface area contributed by atoms with Gasteiger partial charge in [-0.2, -0.15) is 5.10 Å². The molecule has 3 nitrogen and oxygen atoms in total. The molecule has 1 heterocycles. The quantitative estimate of drug-likeness (QED) is 0.782. The van der Waals surface area contributed by atoms with Crippen molar-refractivity contribution in [2.24, 2.45) is 13.0 Å². The van der Waals surface area contributed by atoms with Crippen LogP contribution in [0.4, 0.5) is 0 Å². The summed E-state index contributed by atoms with van der Waals surface area (Å²) >= 11 is 0. The zero-order valence-corrected chi connectivity index (χ0v) is 8.69. The summed E-state index contributed by atoms with van der Waals surface area (Å²) in [6.07, 6.45) is 7.68. The summed E-state index contributed by atoms with van der Waals surface area (Å²) in [5, 5.41) is 14.3. The summed E-state index contributed by atoms with van der Waals surface area (Å²) in [4.78, 5) is 0. The van der Waals surface area contributed by atoms with Crippen LogP contribution in [0.3, 0.4) is 0 Å². The molecule has 0 aromatic carbocycles. The first-order chi connectivity index (χ1) is 6.77. The zero-order chi connectivity index (χ0) is 9.97. The first kappa shape index (κ1) is 9.71. The Morgan fingerprint density at radius 1 is 1.43 bits per heavy atom. The third kappa shape index (κ3) is 1.98. The van der Waals surface area contributed by atoms with E-state index in [1.807, 2.05) is 19.3 Å². The van der Waals surface area contributed by atoms with Gasteiger partial charge < -0.3 is 5.11 Å². The molecule has 1 N–H and O–H groups in total. The van der Waals surface area contributed by atoms with Gasteiger partial charge in [-0.05, 0) is 24.8 Å². The molecule has 78 valence electrons. The lowest BCUT2D eigenvalue weighted by molar-refractivity contribution is 0.0806. The maximum Gasteiger partial charge on any atom is 0.101 e. The number of aliphatic hydroxyl groups is 1. The fourth-order valence-corrected chi connectivity index (χ4v) is 2.28. The number of aliphatic hydroxyl groups excluding tert-OH is 1. The second-order valence-electron chi connectivity index (χ2n) is 4.26. The largest absolute Gasteiger partial charge is 0.386 e. The Hall–Kier alpha value is -0.830. The fourth-order valence-electron chi connectivity index (χ4n) is 2.28. The predicted molar refractivity (Wildman–Crippen MR) is 54.7 cm³/mol. The van der Waals surface area contributed by atoms with Crippen LogP contribution >= 0.6 is 0 Å². The number of aromatic nitrogens is 2. The van der Waals surface area contributed by atoms with Gasteiger partial charge in [-0.1, -0.05) is 19.3 Å². The van der Waals surface area contributed by atoms with Crippen LogP contribution in [-0.2, 0) is 7.05 Å². The number of aryl methyl sites for hydroxylation is 1. The topological polar surface area (TPSA) is 38.0 Å². The second-order valence-corrected chi connectivity index (χ2v) is 4.26. The van der Waals surface area contributed by atoms with Crippen molar-refractivity contribution in [1.82, 2.24) is 9.78 Å². The van der Waals surface area contributed by atoms with Crippen molar-refractivity contribution in [3.63, 3.8) is 0 Å². The summed E-state index contributed by atoms with van der Waals surface area (Å²) in [7, 11) is 1.89. The lowest BCUT2D eigenvalue weighted by Crippen LogP contribution is -2.16. The van der Waals surface area contributed by atoms with Crippen molar-refractivity contribution in [3.8, 4) is 0 Å². The first-order valence-corrected chi connectivity index (χ1v) is 5.45. The summed E-state index contributed by atoms with van der Waals surface area (Å²) in [5.74, 6) is 0.429. The predicted octanol–water partition coefficient (Wildman–Crippen LogP) is 2.03. The standard InChI is InChI=1S/C11H18N2O/c1-13-8-7-10(12-13)11(14)9-5-3-2-4-6-9/h7-9,11,14H,2-6H2,1H3/t11-/m0/s1. The third-order valence-electron chi connectivity index (χ3n) is 3.13. The molecule has 1 aliphatic carbocycles. The van der Waals surface area contributed by atoms with E-state index in [-0.39, 0.29) is 6.10 Å². The molecule has 2 rings (SSSR count). The number of nitrogens with zero attached hydrogens (tertiary/aromatic N) is 2. The maximum absolute atomic E-state index is 10.1. The minimum absolute atomic E-state index is 0.350. The molecule has 0 saturated heterocycles. The molecule has 3 heteroatoms. The summed E-state index contributed by atoms with van der Waals surface area (Å²) in [6, 6.07) is 1.92. The van der Waals surface area contributed by atoms with Crippen molar-refractivity contribution >= 4 is 0 Å². The van der Waals surface area contributed by atoms with E-state index in [1.165, 1.54) is 19.3 Å². The SMILES string of the molecule is Cn1ccc([C@@H](O)C2CCCCC2)n1. The molecule has 0 amide bonds. The Morgan fingerprint density at radius 2 is 2.14 bits per heavy atom. The van der Waals surface area contributed by atoms with Crippen LogP contribution in [0.25, 0.3) is 0 Å². The van der Waals surface area contributed by atoms with Crippen molar-refractivity contribution in [3.05, 3.63) is 18.0 Å². The molecular weight excluding hydrogens is 176 g/mol. The van der Waals surface area contributed by atoms with Gasteiger partial charge in [0.25, 0.3) is 0 Å². The zero-order valence-electron chi connectivity index (χ0n) is 8.69. The van der Waals surface area contributed by atoms with E-state index in [1.54, 1.807) is 4.68 Å². The Bertz CT molecular complexity index is 289. The van der Waals surface area contributed by atoms with Crippen LogP contribution in [0.5, 0.6) is 0 Å². The molecule has 1 aliphatic rings. The van der Waals surface area contributed by atoms with Crippen molar-refractivity contribution in [2.75, 3.05) is 0 Å². The fraction of sp³-hybridized carbons (Fsp3) is 0.727. The van der Waals surface area contributed by atoms with Crippen LogP contribution in [0.1, 0.15) is 43.9 Å². The molecule has 1 aromatic heterocycles. The van der Waals surface area contributed by atoms with Gasteiger partial charge in [0.15, 0.2) is 0 Å². The Balaban J connectivity index is 2.03. The summed E-state index contributed by atoms with van der Waals surface area (Å²) < 4.78 is 1.75. The van der Waals surface area contributed by atoms with Gasteiger partial charge >= 0.3 is 0 Å². The van der Waals surface area contributed by atoms with E-state index in [4.69, 9.17) is 0 Å². The van der Waals surface area contributed by atoms with Crippen molar-refractivity contribution < 1.29 is 5.11 Å². The Kier molecular flexibility index (Phi) is 2.87. The van der Waals surface area contributed by atoms with E-state index in [0.717, 1.165) is 18.5 Å². The maximum atomic E-state index is 10.1. The smallest absolute Gasteiger partial charge is 0.101 e. The highest BCUT2D eigenvalue weighted by Gasteiger charge is 2.24. The van der Waals surface area contributed by atoms with Crippen LogP contribution in [0.2, 0.25) is 0 Å². The average molecular weight is 194 g/mol. The molecule has 1 aromatic rings. The van der Waals surface area contributed by atoms with Gasteiger partial charge in [-0.15, -0.1) is 0 Å².